The Kier molecular flexibility index (Phi) is 3.69. The Labute approximate surface area is 123 Å². The molecule has 0 bridgehead atoms. The molecule has 3 rings (SSSR count). The third-order valence-electron chi connectivity index (χ3n) is 4.66. The van der Waals surface area contributed by atoms with Crippen molar-refractivity contribution < 1.29 is 9.90 Å². The molecular weight excluding hydrogens is 270 g/mol. The van der Waals surface area contributed by atoms with Crippen LogP contribution < -0.4 is 10.5 Å². The van der Waals surface area contributed by atoms with Crippen molar-refractivity contribution in [1.82, 2.24) is 9.97 Å². The molecule has 2 N–H and O–H groups in total. The molecule has 1 fully saturated rings. The fourth-order valence-corrected chi connectivity index (χ4v) is 3.27. The zero-order valence-corrected chi connectivity index (χ0v) is 12.3. The largest absolute Gasteiger partial charge is 0.481 e. The van der Waals surface area contributed by atoms with Crippen molar-refractivity contribution in [3.05, 3.63) is 21.6 Å². The van der Waals surface area contributed by atoms with E-state index in [1.807, 2.05) is 4.90 Å². The second kappa shape index (κ2) is 5.50. The normalized spacial score (nSPS) is 22.9. The number of aliphatic carboxylic acids is 1. The van der Waals surface area contributed by atoms with Crippen LogP contribution in [0.25, 0.3) is 0 Å². The molecule has 1 aliphatic heterocycles. The lowest BCUT2D eigenvalue weighted by Crippen LogP contribution is -2.39. The van der Waals surface area contributed by atoms with Gasteiger partial charge in [-0.1, -0.05) is 6.92 Å². The Morgan fingerprint density at radius 3 is 2.71 bits per heavy atom. The molecule has 2 heterocycles. The summed E-state index contributed by atoms with van der Waals surface area (Å²) in [5.74, 6) is 0.150. The lowest BCUT2D eigenvalue weighted by atomic mass is 9.88. The van der Waals surface area contributed by atoms with Gasteiger partial charge in [-0.15, -0.1) is 0 Å². The fourth-order valence-electron chi connectivity index (χ4n) is 3.27. The van der Waals surface area contributed by atoms with E-state index >= 15 is 0 Å². The summed E-state index contributed by atoms with van der Waals surface area (Å²) in [7, 11) is 0. The molecule has 1 atom stereocenters. The number of piperidine rings is 1. The van der Waals surface area contributed by atoms with Crippen LogP contribution in [0.2, 0.25) is 0 Å². The maximum Gasteiger partial charge on any atom is 0.306 e. The lowest BCUT2D eigenvalue weighted by molar-refractivity contribution is -0.142. The second-order valence-corrected chi connectivity index (χ2v) is 6.26. The summed E-state index contributed by atoms with van der Waals surface area (Å²) in [6.07, 6.45) is 3.95. The van der Waals surface area contributed by atoms with Crippen molar-refractivity contribution in [1.29, 1.82) is 0 Å². The molecule has 1 saturated heterocycles. The summed E-state index contributed by atoms with van der Waals surface area (Å²) in [5.41, 5.74) is 1.73. The van der Waals surface area contributed by atoms with Crippen LogP contribution in [0.15, 0.2) is 4.79 Å². The topological polar surface area (TPSA) is 86.3 Å². The third-order valence-corrected chi connectivity index (χ3v) is 4.66. The van der Waals surface area contributed by atoms with Crippen LogP contribution in [0.4, 0.5) is 5.95 Å². The van der Waals surface area contributed by atoms with E-state index in [1.54, 1.807) is 0 Å². The molecule has 21 heavy (non-hydrogen) atoms. The highest BCUT2D eigenvalue weighted by Gasteiger charge is 2.27. The molecule has 6 nitrogen and oxygen atoms in total. The molecule has 1 aromatic heterocycles. The Morgan fingerprint density at radius 2 is 2.05 bits per heavy atom. The molecule has 1 aromatic rings. The van der Waals surface area contributed by atoms with Gasteiger partial charge in [0.1, 0.15) is 0 Å². The highest BCUT2D eigenvalue weighted by Crippen LogP contribution is 2.24. The molecule has 6 heteroatoms. The maximum absolute atomic E-state index is 12.2. The minimum Gasteiger partial charge on any atom is -0.481 e. The molecule has 1 aliphatic carbocycles. The molecule has 1 unspecified atom stereocenters. The molecule has 0 amide bonds. The number of H-pyrrole nitrogens is 1. The van der Waals surface area contributed by atoms with E-state index in [4.69, 9.17) is 5.11 Å². The van der Waals surface area contributed by atoms with Gasteiger partial charge in [-0.2, -0.15) is 0 Å². The number of aromatic nitrogens is 2. The van der Waals surface area contributed by atoms with Gasteiger partial charge in [0, 0.05) is 18.7 Å². The quantitative estimate of drug-likeness (QED) is 0.855. The molecule has 0 aromatic carbocycles. The van der Waals surface area contributed by atoms with Crippen LogP contribution in [-0.4, -0.2) is 34.1 Å². The van der Waals surface area contributed by atoms with Crippen molar-refractivity contribution in [3.63, 3.8) is 0 Å². The number of anilines is 1. The van der Waals surface area contributed by atoms with E-state index in [0.717, 1.165) is 30.5 Å². The highest BCUT2D eigenvalue weighted by molar-refractivity contribution is 5.70. The number of rotatable bonds is 2. The van der Waals surface area contributed by atoms with Crippen LogP contribution in [0.3, 0.4) is 0 Å². The van der Waals surface area contributed by atoms with Gasteiger partial charge in [-0.25, -0.2) is 4.98 Å². The van der Waals surface area contributed by atoms with Crippen LogP contribution in [0.5, 0.6) is 0 Å². The third kappa shape index (κ3) is 2.80. The molecule has 0 radical (unpaired) electrons. The maximum atomic E-state index is 12.2. The molecule has 0 saturated carbocycles. The summed E-state index contributed by atoms with van der Waals surface area (Å²) >= 11 is 0. The van der Waals surface area contributed by atoms with Gasteiger partial charge in [-0.3, -0.25) is 14.6 Å². The average molecular weight is 291 g/mol. The zero-order chi connectivity index (χ0) is 15.0. The number of aromatic amines is 1. The summed E-state index contributed by atoms with van der Waals surface area (Å²) in [5, 5.41) is 9.03. The van der Waals surface area contributed by atoms with Gasteiger partial charge < -0.3 is 10.0 Å². The Bertz CT molecular complexity index is 603. The van der Waals surface area contributed by atoms with E-state index < -0.39 is 5.97 Å². The van der Waals surface area contributed by atoms with Crippen LogP contribution in [-0.2, 0) is 17.6 Å². The van der Waals surface area contributed by atoms with E-state index in [1.165, 1.54) is 0 Å². The SMILES string of the molecule is CC1CCc2nc(N3CCC(C(=O)O)CC3)[nH]c(=O)c2C1. The van der Waals surface area contributed by atoms with E-state index in [0.29, 0.717) is 37.8 Å². The van der Waals surface area contributed by atoms with E-state index in [-0.39, 0.29) is 11.5 Å². The first kappa shape index (κ1) is 14.1. The minimum absolute atomic E-state index is 0.0260. The first-order valence-electron chi connectivity index (χ1n) is 7.64. The molecule has 2 aliphatic rings. The first-order chi connectivity index (χ1) is 10.0. The number of carboxylic acids is 1. The van der Waals surface area contributed by atoms with Crippen LogP contribution in [0.1, 0.15) is 37.4 Å². The number of hydrogen-bond donors (Lipinski definition) is 2. The summed E-state index contributed by atoms with van der Waals surface area (Å²) in [6, 6.07) is 0. The lowest BCUT2D eigenvalue weighted by Gasteiger charge is -2.31. The number of aryl methyl sites for hydroxylation is 1. The minimum atomic E-state index is -0.726. The predicted octanol–water partition coefficient (Wildman–Crippen LogP) is 1.20. The van der Waals surface area contributed by atoms with Crippen LogP contribution >= 0.6 is 0 Å². The van der Waals surface area contributed by atoms with Gasteiger partial charge in [0.15, 0.2) is 0 Å². The van der Waals surface area contributed by atoms with Gasteiger partial charge in [0.05, 0.1) is 11.6 Å². The number of carbonyl (C=O) groups is 1. The zero-order valence-electron chi connectivity index (χ0n) is 12.3. The van der Waals surface area contributed by atoms with Crippen molar-refractivity contribution in [2.45, 2.75) is 39.0 Å². The fraction of sp³-hybridized carbons (Fsp3) is 0.667. The Morgan fingerprint density at radius 1 is 1.33 bits per heavy atom. The molecule has 0 spiro atoms. The first-order valence-corrected chi connectivity index (χ1v) is 7.64. The summed E-state index contributed by atoms with van der Waals surface area (Å²) in [4.78, 5) is 32.7. The van der Waals surface area contributed by atoms with E-state index in [2.05, 4.69) is 16.9 Å². The highest BCUT2D eigenvalue weighted by atomic mass is 16.4. The average Bonchev–Trinajstić information content (AvgIpc) is 2.48. The van der Waals surface area contributed by atoms with Crippen molar-refractivity contribution in [2.75, 3.05) is 18.0 Å². The van der Waals surface area contributed by atoms with Gasteiger partial charge in [0.2, 0.25) is 5.95 Å². The Balaban J connectivity index is 1.80. The Hall–Kier alpha value is -1.85. The van der Waals surface area contributed by atoms with Gasteiger partial charge >= 0.3 is 5.97 Å². The van der Waals surface area contributed by atoms with Crippen molar-refractivity contribution >= 4 is 11.9 Å². The number of carboxylic acid groups (broad SMARTS) is 1. The monoisotopic (exact) mass is 291 g/mol. The number of nitrogens with zero attached hydrogens (tertiary/aromatic N) is 2. The molecular formula is C15H21N3O3. The van der Waals surface area contributed by atoms with Gasteiger partial charge in [0.25, 0.3) is 5.56 Å². The van der Waals surface area contributed by atoms with Crippen molar-refractivity contribution in [2.24, 2.45) is 11.8 Å². The predicted molar refractivity (Wildman–Crippen MR) is 78.6 cm³/mol. The van der Waals surface area contributed by atoms with Gasteiger partial charge in [-0.05, 0) is 38.0 Å². The summed E-state index contributed by atoms with van der Waals surface area (Å²) < 4.78 is 0. The number of fused-ring (bicyclic) bond motifs is 1. The van der Waals surface area contributed by atoms with Crippen LogP contribution in [0, 0.1) is 11.8 Å². The number of nitrogens with one attached hydrogen (secondary N) is 1. The molecule has 114 valence electrons. The smallest absolute Gasteiger partial charge is 0.306 e. The number of hydrogen-bond acceptors (Lipinski definition) is 4. The second-order valence-electron chi connectivity index (χ2n) is 6.26. The van der Waals surface area contributed by atoms with Crippen molar-refractivity contribution in [3.8, 4) is 0 Å². The standard InChI is InChI=1S/C15H21N3O3/c1-9-2-3-12-11(8-9)13(19)17-15(16-12)18-6-4-10(5-7-18)14(20)21/h9-10H,2-8H2,1H3,(H,20,21)(H,16,17,19). The van der Waals surface area contributed by atoms with E-state index in [9.17, 15) is 9.59 Å². The summed E-state index contributed by atoms with van der Waals surface area (Å²) in [6.45, 7) is 3.43.